The van der Waals surface area contributed by atoms with Crippen molar-refractivity contribution in [3.8, 4) is 0 Å². The minimum absolute atomic E-state index is 0.111. The molecule has 2 aliphatic heterocycles. The molecule has 0 bridgehead atoms. The van der Waals surface area contributed by atoms with Gasteiger partial charge in [0.1, 0.15) is 23.6 Å². The lowest BCUT2D eigenvalue weighted by Crippen LogP contribution is -2.45. The van der Waals surface area contributed by atoms with Crippen LogP contribution in [0.25, 0.3) is 0 Å². The van der Waals surface area contributed by atoms with Crippen LogP contribution >= 0.6 is 0 Å². The van der Waals surface area contributed by atoms with Crippen molar-refractivity contribution >= 4 is 5.78 Å². The second-order valence-corrected chi connectivity index (χ2v) is 9.03. The fourth-order valence-corrected chi connectivity index (χ4v) is 4.20. The number of hydrogen-bond acceptors (Lipinski definition) is 6. The maximum absolute atomic E-state index is 12.2. The summed E-state index contributed by atoms with van der Waals surface area (Å²) in [6.07, 6.45) is 3.41. The molecule has 6 heteroatoms. The van der Waals surface area contributed by atoms with Crippen molar-refractivity contribution < 1.29 is 29.6 Å². The first-order valence-electron chi connectivity index (χ1n) is 9.86. The van der Waals surface area contributed by atoms with Crippen LogP contribution in [0.5, 0.6) is 0 Å². The number of ether oxygens (including phenoxy) is 2. The fraction of sp³-hybridized carbons (Fsp3) is 0.762. The lowest BCUT2D eigenvalue weighted by molar-refractivity contribution is -0.129. The molecule has 27 heavy (non-hydrogen) atoms. The van der Waals surface area contributed by atoms with Gasteiger partial charge >= 0.3 is 0 Å². The summed E-state index contributed by atoms with van der Waals surface area (Å²) in [5.41, 5.74) is 0.109. The molecule has 0 saturated carbocycles. The lowest BCUT2D eigenvalue weighted by atomic mass is 9.82. The van der Waals surface area contributed by atoms with E-state index in [2.05, 4.69) is 6.08 Å². The Labute approximate surface area is 160 Å². The molecule has 1 fully saturated rings. The van der Waals surface area contributed by atoms with E-state index in [-0.39, 0.29) is 18.0 Å². The molecular weight excluding hydrogens is 348 g/mol. The van der Waals surface area contributed by atoms with Crippen molar-refractivity contribution in [2.24, 2.45) is 0 Å². The standard InChI is InChI=1S/C21H32O6/c1-12(5-8-17(23)20(2,3)25)9-13-11-21(4)18(26-13)10-14-16(27-21)7-6-15(22)19(14)24/h9,13,15,17-18,22-23,25H,5-8,10-11H2,1-4H3/b12-9+/t13-,15-,17?,18+,21+/m0/s1. The highest BCUT2D eigenvalue weighted by Gasteiger charge is 2.51. The highest BCUT2D eigenvalue weighted by Crippen LogP contribution is 2.46. The zero-order valence-corrected chi connectivity index (χ0v) is 16.7. The highest BCUT2D eigenvalue weighted by atomic mass is 16.6. The minimum Gasteiger partial charge on any atom is -0.489 e. The largest absolute Gasteiger partial charge is 0.489 e. The molecular formula is C21H32O6. The van der Waals surface area contributed by atoms with Crippen LogP contribution in [0.2, 0.25) is 0 Å². The van der Waals surface area contributed by atoms with Crippen molar-refractivity contribution in [1.29, 1.82) is 0 Å². The van der Waals surface area contributed by atoms with Crippen LogP contribution in [0, 0.1) is 0 Å². The van der Waals surface area contributed by atoms with Gasteiger partial charge in [-0.2, -0.15) is 0 Å². The average molecular weight is 380 g/mol. The summed E-state index contributed by atoms with van der Waals surface area (Å²) in [5.74, 6) is 0.500. The number of Topliss-reactive ketones (excluding diaryl/α,β-unsaturated/α-hetero) is 1. The van der Waals surface area contributed by atoms with Gasteiger partial charge in [0.25, 0.3) is 0 Å². The molecule has 0 aromatic rings. The normalized spacial score (nSPS) is 35.6. The van der Waals surface area contributed by atoms with Crippen molar-refractivity contribution in [2.75, 3.05) is 0 Å². The number of ketones is 1. The van der Waals surface area contributed by atoms with Gasteiger partial charge in [-0.3, -0.25) is 4.79 Å². The molecule has 0 spiro atoms. The second-order valence-electron chi connectivity index (χ2n) is 9.03. The van der Waals surface area contributed by atoms with E-state index in [1.165, 1.54) is 0 Å². The Morgan fingerprint density at radius 3 is 2.81 bits per heavy atom. The summed E-state index contributed by atoms with van der Waals surface area (Å²) >= 11 is 0. The van der Waals surface area contributed by atoms with E-state index in [1.54, 1.807) is 13.8 Å². The van der Waals surface area contributed by atoms with Crippen LogP contribution < -0.4 is 0 Å². The van der Waals surface area contributed by atoms with E-state index >= 15 is 0 Å². The number of aliphatic hydroxyl groups excluding tert-OH is 2. The van der Waals surface area contributed by atoms with Crippen LogP contribution in [0.4, 0.5) is 0 Å². The summed E-state index contributed by atoms with van der Waals surface area (Å²) in [6.45, 7) is 7.23. The van der Waals surface area contributed by atoms with Crippen molar-refractivity contribution in [3.05, 3.63) is 23.0 Å². The first kappa shape index (κ1) is 20.5. The van der Waals surface area contributed by atoms with Crippen molar-refractivity contribution in [3.63, 3.8) is 0 Å². The summed E-state index contributed by atoms with van der Waals surface area (Å²) in [5, 5.41) is 29.6. The predicted octanol–water partition coefficient (Wildman–Crippen LogP) is 2.16. The van der Waals surface area contributed by atoms with E-state index in [1.807, 2.05) is 13.8 Å². The Hall–Kier alpha value is -1.21. The van der Waals surface area contributed by atoms with E-state index in [4.69, 9.17) is 9.47 Å². The Morgan fingerprint density at radius 2 is 2.15 bits per heavy atom. The molecule has 3 rings (SSSR count). The summed E-state index contributed by atoms with van der Waals surface area (Å²) in [6, 6.07) is 0. The first-order chi connectivity index (χ1) is 12.5. The van der Waals surface area contributed by atoms with E-state index in [0.717, 1.165) is 11.3 Å². The summed E-state index contributed by atoms with van der Waals surface area (Å²) in [4.78, 5) is 12.2. The van der Waals surface area contributed by atoms with Gasteiger partial charge in [-0.15, -0.1) is 0 Å². The van der Waals surface area contributed by atoms with Crippen LogP contribution in [-0.2, 0) is 14.3 Å². The number of allylic oxidation sites excluding steroid dienone is 2. The molecule has 0 amide bonds. The molecule has 3 N–H and O–H groups in total. The molecule has 2 heterocycles. The maximum atomic E-state index is 12.2. The molecule has 1 saturated heterocycles. The first-order valence-corrected chi connectivity index (χ1v) is 9.86. The average Bonchev–Trinajstić information content (AvgIpc) is 2.88. The van der Waals surface area contributed by atoms with E-state index in [0.29, 0.717) is 44.1 Å². The van der Waals surface area contributed by atoms with Crippen molar-refractivity contribution in [2.45, 2.75) is 102 Å². The minimum atomic E-state index is -1.11. The van der Waals surface area contributed by atoms with Crippen molar-refractivity contribution in [1.82, 2.24) is 0 Å². The van der Waals surface area contributed by atoms with Gasteiger partial charge in [0.2, 0.25) is 0 Å². The Balaban J connectivity index is 1.63. The van der Waals surface area contributed by atoms with E-state index in [9.17, 15) is 20.1 Å². The number of carbonyl (C=O) groups excluding carboxylic acids is 1. The van der Waals surface area contributed by atoms with Gasteiger partial charge in [0.15, 0.2) is 5.78 Å². The highest BCUT2D eigenvalue weighted by molar-refractivity contribution is 6.00. The van der Waals surface area contributed by atoms with Gasteiger partial charge in [0, 0.05) is 24.8 Å². The van der Waals surface area contributed by atoms with Gasteiger partial charge in [-0.05, 0) is 47.0 Å². The van der Waals surface area contributed by atoms with Crippen LogP contribution in [-0.4, -0.2) is 56.7 Å². The third-order valence-corrected chi connectivity index (χ3v) is 6.05. The predicted molar refractivity (Wildman–Crippen MR) is 100.0 cm³/mol. The molecule has 0 radical (unpaired) electrons. The topological polar surface area (TPSA) is 96.2 Å². The zero-order chi connectivity index (χ0) is 20.0. The van der Waals surface area contributed by atoms with Crippen LogP contribution in [0.3, 0.4) is 0 Å². The Bertz CT molecular complexity index is 658. The number of rotatable bonds is 5. The van der Waals surface area contributed by atoms with Gasteiger partial charge < -0.3 is 24.8 Å². The summed E-state index contributed by atoms with van der Waals surface area (Å²) < 4.78 is 12.4. The molecule has 5 atom stereocenters. The molecule has 1 aliphatic carbocycles. The van der Waals surface area contributed by atoms with E-state index < -0.39 is 23.4 Å². The fourth-order valence-electron chi connectivity index (χ4n) is 4.20. The quantitative estimate of drug-likeness (QED) is 0.633. The summed E-state index contributed by atoms with van der Waals surface area (Å²) in [7, 11) is 0. The number of aliphatic hydroxyl groups is 3. The number of hydrogen-bond donors (Lipinski definition) is 3. The molecule has 0 aromatic carbocycles. The number of fused-ring (bicyclic) bond motifs is 1. The molecule has 152 valence electrons. The third-order valence-electron chi connectivity index (χ3n) is 6.05. The van der Waals surface area contributed by atoms with Gasteiger partial charge in [-0.1, -0.05) is 11.6 Å². The second kappa shape index (κ2) is 7.32. The number of carbonyl (C=O) groups is 1. The van der Waals surface area contributed by atoms with Gasteiger partial charge in [-0.25, -0.2) is 0 Å². The smallest absolute Gasteiger partial charge is 0.190 e. The Morgan fingerprint density at radius 1 is 1.44 bits per heavy atom. The zero-order valence-electron chi connectivity index (χ0n) is 16.7. The third kappa shape index (κ3) is 4.29. The Kier molecular flexibility index (Phi) is 5.56. The lowest BCUT2D eigenvalue weighted by Gasteiger charge is -2.39. The molecule has 6 nitrogen and oxygen atoms in total. The molecule has 0 aromatic heterocycles. The maximum Gasteiger partial charge on any atom is 0.190 e. The molecule has 1 unspecified atom stereocenters. The monoisotopic (exact) mass is 380 g/mol. The SMILES string of the molecule is C/C(=C\[C@H]1C[C@@]2(C)OC3=C(C[C@H]2O1)C(=O)[C@@H](O)CC3)CCC(O)C(C)(C)O. The van der Waals surface area contributed by atoms with Crippen LogP contribution in [0.1, 0.15) is 66.2 Å². The molecule has 3 aliphatic rings. The van der Waals surface area contributed by atoms with Crippen LogP contribution in [0.15, 0.2) is 23.0 Å². The van der Waals surface area contributed by atoms with Gasteiger partial charge in [0.05, 0.1) is 17.8 Å².